The Balaban J connectivity index is 0.000000216. The van der Waals surface area contributed by atoms with E-state index in [1.54, 1.807) is 62.4 Å². The van der Waals surface area contributed by atoms with E-state index in [0.717, 1.165) is 34.7 Å². The van der Waals surface area contributed by atoms with Crippen molar-refractivity contribution in [2.75, 3.05) is 19.6 Å². The number of hydrogen-bond acceptors (Lipinski definition) is 12. The fraction of sp³-hybridized carbons (Fsp3) is 0.240. The third-order valence-corrected chi connectivity index (χ3v) is 24.9. The maximum atomic E-state index is 15.9. The van der Waals surface area contributed by atoms with E-state index in [1.807, 2.05) is 84.9 Å². The van der Waals surface area contributed by atoms with E-state index in [2.05, 4.69) is 16.0 Å². The number of oxazole rings is 2. The van der Waals surface area contributed by atoms with Gasteiger partial charge in [-0.1, -0.05) is 138 Å². The SMILES string of the molecule is Cc1cc(-c2cc(C(C)(C)C)cc(C(C)(C)C)c2)cc(N2C(=O)c3ccc(C(c4ccc5c(c4)C(=O)N(c4c(C)cc(C)c(N6C(=O)c7ccc(C(C)(C(F)(F)F)C(F)(F)F)cc7C6=O)c4C)C5=O)(C(F)(F)F)C(F)(F)F)cc3C2=O)c1.Cc1ccc2c(c1)C(=O)N(c1cccc(-c3cccc(-c4nc5cc(C(C)(c6ccc7oc(C)nc7c6)C(F)(F)F)ccc5o4)c3)c1)C2=O. The Morgan fingerprint density at radius 3 is 1.15 bits per heavy atom. The van der Waals surface area contributed by atoms with Crippen molar-refractivity contribution in [2.24, 2.45) is 0 Å². The van der Waals surface area contributed by atoms with Gasteiger partial charge in [-0.15, -0.1) is 0 Å². The summed E-state index contributed by atoms with van der Waals surface area (Å²) in [7, 11) is 0. The van der Waals surface area contributed by atoms with Gasteiger partial charge in [0.15, 0.2) is 22.5 Å². The van der Waals surface area contributed by atoms with Gasteiger partial charge in [-0.2, -0.15) is 65.9 Å². The van der Waals surface area contributed by atoms with E-state index in [9.17, 15) is 77.9 Å². The number of hydrogen-bond donors (Lipinski definition) is 0. The summed E-state index contributed by atoms with van der Waals surface area (Å²) in [6.07, 6.45) is -29.2. The Hall–Kier alpha value is -14.1. The molecule has 31 heteroatoms. The summed E-state index contributed by atoms with van der Waals surface area (Å²) in [6.45, 7) is 22.2. The molecule has 0 N–H and O–H groups in total. The molecule has 0 saturated carbocycles. The van der Waals surface area contributed by atoms with E-state index in [0.29, 0.717) is 119 Å². The van der Waals surface area contributed by atoms with Crippen LogP contribution in [-0.2, 0) is 27.1 Å². The first kappa shape index (κ1) is 90.2. The molecule has 0 fully saturated rings. The number of rotatable bonds is 12. The number of nitrogens with zero attached hydrogens (tertiary/aromatic N) is 6. The number of amides is 8. The Bertz CT molecular complexity index is 7100. The van der Waals surface area contributed by atoms with Crippen molar-refractivity contribution in [1.29, 1.82) is 0 Å². The fourth-order valence-corrected chi connectivity index (χ4v) is 17.6. The summed E-state index contributed by atoms with van der Waals surface area (Å²) in [5, 5.41) is 0. The molecule has 0 radical (unpaired) electrons. The molecule has 2 aromatic heterocycles. The number of carbonyl (C=O) groups excluding carboxylic acids is 8. The quantitative estimate of drug-likeness (QED) is 0.0828. The lowest BCUT2D eigenvalue weighted by Crippen LogP contribution is -2.55. The second-order valence-corrected chi connectivity index (χ2v) is 35.5. The largest absolute Gasteiger partial charge is 0.441 e. The maximum Gasteiger partial charge on any atom is 0.411 e. The predicted molar refractivity (Wildman–Crippen MR) is 458 cm³/mol. The van der Waals surface area contributed by atoms with Gasteiger partial charge in [0.2, 0.25) is 11.3 Å². The molecule has 0 saturated heterocycles. The lowest BCUT2D eigenvalue weighted by Gasteiger charge is -2.38. The minimum atomic E-state index is -6.33. The summed E-state index contributed by atoms with van der Waals surface area (Å²) in [6, 6.07) is 44.1. The summed E-state index contributed by atoms with van der Waals surface area (Å²) >= 11 is 0. The number of anilines is 4. The van der Waals surface area contributed by atoms with Gasteiger partial charge < -0.3 is 8.83 Å². The molecule has 13 aromatic rings. The maximum absolute atomic E-state index is 15.9. The lowest BCUT2D eigenvalue weighted by atomic mass is 9.71. The Morgan fingerprint density at radius 2 is 0.672 bits per heavy atom. The van der Waals surface area contributed by atoms with Gasteiger partial charge in [0, 0.05) is 12.5 Å². The molecule has 0 bridgehead atoms. The minimum absolute atomic E-state index is 0.000742. The van der Waals surface area contributed by atoms with Crippen molar-refractivity contribution in [3.05, 3.63) is 317 Å². The average Bonchev–Trinajstić information content (AvgIpc) is 1.67. The topological polar surface area (TPSA) is 202 Å². The predicted octanol–water partition coefficient (Wildman–Crippen LogP) is 25.0. The summed E-state index contributed by atoms with van der Waals surface area (Å²) < 4.78 is 236. The first-order valence-electron chi connectivity index (χ1n) is 40.7. The van der Waals surface area contributed by atoms with Crippen LogP contribution in [0.4, 0.5) is 88.6 Å². The molecule has 6 heterocycles. The van der Waals surface area contributed by atoms with Gasteiger partial charge in [-0.3, -0.25) is 38.4 Å². The molecule has 8 amide bonds. The van der Waals surface area contributed by atoms with Crippen LogP contribution in [0.3, 0.4) is 0 Å². The molecule has 0 aliphatic carbocycles. The average molecular weight is 1810 g/mol. The first-order valence-corrected chi connectivity index (χ1v) is 40.7. The Labute approximate surface area is 737 Å². The molecule has 1 unspecified atom stereocenters. The monoisotopic (exact) mass is 1800 g/mol. The molecule has 670 valence electrons. The Morgan fingerprint density at radius 1 is 0.282 bits per heavy atom. The molecule has 4 aliphatic rings. The number of aromatic nitrogens is 2. The number of benzene rings is 11. The number of carbonyl (C=O) groups is 8. The van der Waals surface area contributed by atoms with Crippen molar-refractivity contribution >= 4 is 92.2 Å². The second kappa shape index (κ2) is 30.5. The number of aryl methyl sites for hydroxylation is 5. The van der Waals surface area contributed by atoms with E-state index >= 15 is 26.3 Å². The number of halogens is 15. The molecule has 0 spiro atoms. The van der Waals surface area contributed by atoms with Gasteiger partial charge in [-0.25, -0.2) is 29.6 Å². The summed E-state index contributed by atoms with van der Waals surface area (Å²) in [4.78, 5) is 123. The standard InChI is InChI=1S/C61H49F12N3O6.C39H26F3N3O4/c1-28-18-32(33-21-37(54(5,6)7)24-38(22-33)55(8,9)10)23-39(19-28)74-48(77)40-16-13-35(26-44(40)51(74)80)57(60(68,69)70,61(71,72)73)36-14-17-42-45(27-36)53(82)76(50(42)79)47-30(3)20-29(2)46(31(47)4)75-49(78)41-15-12-34(25-43(41)52(75)81)56(11,58(62,63)64)59(65,66)67;1-21-10-13-29-30(16-21)37(47)45(36(29)46)28-9-5-7-24(18-28)23-6-4-8-25(17-23)35-44-32-20-27(12-15-34(32)49-35)38(3,39(40,41)42)26-11-14-33-31(19-26)43-22(2)48-33/h12-27H,1-11H3;4-20H,1-3H3. The molecule has 131 heavy (non-hydrogen) atoms. The van der Waals surface area contributed by atoms with Gasteiger partial charge in [-0.05, 0) is 252 Å². The molecule has 4 aliphatic heterocycles. The van der Waals surface area contributed by atoms with Gasteiger partial charge in [0.1, 0.15) is 16.4 Å². The zero-order valence-electron chi connectivity index (χ0n) is 72.0. The van der Waals surface area contributed by atoms with Gasteiger partial charge in [0.05, 0.1) is 67.3 Å². The highest BCUT2D eigenvalue weighted by molar-refractivity contribution is 6.38. The highest BCUT2D eigenvalue weighted by Crippen LogP contribution is 2.59. The molecule has 16 nitrogen and oxygen atoms in total. The normalized spacial score (nSPS) is 15.2. The smallest absolute Gasteiger partial charge is 0.411 e. The van der Waals surface area contributed by atoms with E-state index in [4.69, 9.17) is 8.83 Å². The fourth-order valence-electron chi connectivity index (χ4n) is 17.6. The first-order chi connectivity index (χ1) is 60.9. The van der Waals surface area contributed by atoms with Crippen molar-refractivity contribution in [2.45, 2.75) is 155 Å². The third-order valence-electron chi connectivity index (χ3n) is 24.9. The van der Waals surface area contributed by atoms with Crippen LogP contribution >= 0.6 is 0 Å². The second-order valence-electron chi connectivity index (χ2n) is 35.5. The van der Waals surface area contributed by atoms with Gasteiger partial charge >= 0.3 is 30.9 Å². The highest BCUT2D eigenvalue weighted by atomic mass is 19.4. The minimum Gasteiger partial charge on any atom is -0.441 e. The van der Waals surface area contributed by atoms with Gasteiger partial charge in [0.25, 0.3) is 47.3 Å². The molecule has 17 rings (SSSR count). The van der Waals surface area contributed by atoms with Crippen LogP contribution in [0.1, 0.15) is 211 Å². The van der Waals surface area contributed by atoms with Crippen molar-refractivity contribution in [1.82, 2.24) is 9.97 Å². The zero-order chi connectivity index (χ0) is 95.3. The zero-order valence-corrected chi connectivity index (χ0v) is 72.0. The number of alkyl halides is 15. The van der Waals surface area contributed by atoms with Crippen LogP contribution in [-0.4, -0.2) is 88.1 Å². The molecule has 11 aromatic carbocycles. The summed E-state index contributed by atoms with van der Waals surface area (Å²) in [5.74, 6) is -7.85. The van der Waals surface area contributed by atoms with E-state index < -0.39 is 144 Å². The van der Waals surface area contributed by atoms with Crippen molar-refractivity contribution < 1.29 is 113 Å². The highest BCUT2D eigenvalue weighted by Gasteiger charge is 2.73. The lowest BCUT2D eigenvalue weighted by molar-refractivity contribution is -0.297. The molecular weight excluding hydrogens is 1730 g/mol. The number of imide groups is 4. The van der Waals surface area contributed by atoms with Crippen LogP contribution in [0, 0.1) is 41.5 Å². The van der Waals surface area contributed by atoms with Crippen LogP contribution < -0.4 is 19.6 Å². The third kappa shape index (κ3) is 14.4. The van der Waals surface area contributed by atoms with E-state index in [-0.39, 0.29) is 86.6 Å². The van der Waals surface area contributed by atoms with Crippen LogP contribution in [0.15, 0.2) is 209 Å². The van der Waals surface area contributed by atoms with Crippen LogP contribution in [0.2, 0.25) is 0 Å². The van der Waals surface area contributed by atoms with Crippen molar-refractivity contribution in [3.63, 3.8) is 0 Å². The van der Waals surface area contributed by atoms with Crippen LogP contribution in [0.5, 0.6) is 0 Å². The Kier molecular flexibility index (Phi) is 21.0. The number of fused-ring (bicyclic) bond motifs is 6. The van der Waals surface area contributed by atoms with Crippen molar-refractivity contribution in [3.8, 4) is 33.7 Å². The van der Waals surface area contributed by atoms with E-state index in [1.165, 1.54) is 80.3 Å². The summed E-state index contributed by atoms with van der Waals surface area (Å²) in [5.41, 5.74) is -13.4. The molecular formula is C100H75F15N6O10. The van der Waals surface area contributed by atoms with Crippen LogP contribution in [0.25, 0.3) is 55.9 Å². The molecule has 1 atom stereocenters.